The molecular weight excluding hydrogens is 126 g/mol. The fourth-order valence-electron chi connectivity index (χ4n) is 0.808. The second kappa shape index (κ2) is 5.69. The molecule has 1 atom stereocenters. The van der Waals surface area contributed by atoms with Crippen molar-refractivity contribution in [3.8, 4) is 0 Å². The van der Waals surface area contributed by atoms with Gasteiger partial charge in [-0.3, -0.25) is 0 Å². The lowest BCUT2D eigenvalue weighted by molar-refractivity contribution is 0.0651. The van der Waals surface area contributed by atoms with Crippen molar-refractivity contribution in [2.75, 3.05) is 27.2 Å². The molecule has 0 bridgehead atoms. The fourth-order valence-corrected chi connectivity index (χ4v) is 0.808. The molecule has 0 aliphatic heterocycles. The Hall–Kier alpha value is -0.0800. The van der Waals surface area contributed by atoms with Crippen LogP contribution in [0.3, 0.4) is 0 Å². The molecule has 0 rings (SSSR count). The maximum atomic E-state index is 5.37. The first-order valence-electron chi connectivity index (χ1n) is 3.93. The molecule has 0 heterocycles. The summed E-state index contributed by atoms with van der Waals surface area (Å²) in [4.78, 5) is 2.18. The van der Waals surface area contributed by atoms with Crippen LogP contribution in [-0.2, 0) is 4.74 Å². The number of rotatable bonds is 5. The van der Waals surface area contributed by atoms with Crippen LogP contribution >= 0.6 is 0 Å². The third-order valence-corrected chi connectivity index (χ3v) is 1.43. The smallest absolute Gasteiger partial charge is 0.0559 e. The van der Waals surface area contributed by atoms with Crippen LogP contribution in [-0.4, -0.2) is 38.3 Å². The van der Waals surface area contributed by atoms with Gasteiger partial charge in [0, 0.05) is 6.61 Å². The summed E-state index contributed by atoms with van der Waals surface area (Å²) < 4.78 is 5.37. The van der Waals surface area contributed by atoms with Crippen LogP contribution in [0, 0.1) is 0 Å². The molecule has 0 aliphatic rings. The van der Waals surface area contributed by atoms with Crippen molar-refractivity contribution in [2.24, 2.45) is 0 Å². The van der Waals surface area contributed by atoms with Gasteiger partial charge in [0.25, 0.3) is 0 Å². The summed E-state index contributed by atoms with van der Waals surface area (Å²) in [6, 6.07) is 0. The van der Waals surface area contributed by atoms with Gasteiger partial charge >= 0.3 is 0 Å². The van der Waals surface area contributed by atoms with Crippen molar-refractivity contribution >= 4 is 0 Å². The summed E-state index contributed by atoms with van der Waals surface area (Å²) in [6.07, 6.45) is 1.54. The minimum absolute atomic E-state index is 0.410. The zero-order valence-electron chi connectivity index (χ0n) is 7.55. The first kappa shape index (κ1) is 9.92. The highest BCUT2D eigenvalue weighted by Crippen LogP contribution is 1.96. The van der Waals surface area contributed by atoms with Crippen molar-refractivity contribution in [1.29, 1.82) is 0 Å². The average molecular weight is 145 g/mol. The number of ether oxygens (including phenoxy) is 1. The molecule has 1 unspecified atom stereocenters. The summed E-state index contributed by atoms with van der Waals surface area (Å²) in [6.45, 7) is 6.09. The predicted octanol–water partition coefficient (Wildman–Crippen LogP) is 1.36. The third-order valence-electron chi connectivity index (χ3n) is 1.43. The Labute approximate surface area is 64.2 Å². The summed E-state index contributed by atoms with van der Waals surface area (Å²) in [5.74, 6) is 0. The van der Waals surface area contributed by atoms with Crippen molar-refractivity contribution in [3.05, 3.63) is 0 Å². The maximum absolute atomic E-state index is 5.37. The van der Waals surface area contributed by atoms with Crippen LogP contribution in [0.2, 0.25) is 0 Å². The van der Waals surface area contributed by atoms with Crippen molar-refractivity contribution < 1.29 is 4.74 Å². The molecule has 0 aromatic heterocycles. The molecule has 0 aromatic carbocycles. The standard InChI is InChI=1S/C8H19NO/c1-5-10-8(2)6-7-9(3)4/h8H,5-7H2,1-4H3. The van der Waals surface area contributed by atoms with E-state index >= 15 is 0 Å². The van der Waals surface area contributed by atoms with Crippen LogP contribution in [0.4, 0.5) is 0 Å². The quantitative estimate of drug-likeness (QED) is 0.579. The molecule has 0 amide bonds. The van der Waals surface area contributed by atoms with Gasteiger partial charge < -0.3 is 9.64 Å². The topological polar surface area (TPSA) is 12.5 Å². The lowest BCUT2D eigenvalue weighted by atomic mass is 10.3. The zero-order valence-corrected chi connectivity index (χ0v) is 7.55. The molecule has 2 heteroatoms. The normalized spacial score (nSPS) is 14.1. The molecule has 0 N–H and O–H groups in total. The molecule has 0 aromatic rings. The van der Waals surface area contributed by atoms with Crippen LogP contribution in [0.1, 0.15) is 20.3 Å². The van der Waals surface area contributed by atoms with E-state index in [-0.39, 0.29) is 0 Å². The Morgan fingerprint density at radius 3 is 2.40 bits per heavy atom. The molecule has 0 aliphatic carbocycles. The first-order valence-corrected chi connectivity index (χ1v) is 3.93. The van der Waals surface area contributed by atoms with Gasteiger partial charge in [-0.05, 0) is 40.9 Å². The van der Waals surface area contributed by atoms with E-state index in [2.05, 4.69) is 25.9 Å². The maximum Gasteiger partial charge on any atom is 0.0559 e. The number of hydrogen-bond donors (Lipinski definition) is 0. The van der Waals surface area contributed by atoms with Crippen LogP contribution in [0.15, 0.2) is 0 Å². The Balaban J connectivity index is 3.12. The Bertz CT molecular complexity index is 73.7. The largest absolute Gasteiger partial charge is 0.379 e. The molecular formula is C8H19NO. The van der Waals surface area contributed by atoms with Crippen LogP contribution in [0.25, 0.3) is 0 Å². The first-order chi connectivity index (χ1) is 4.66. The van der Waals surface area contributed by atoms with E-state index in [0.717, 1.165) is 19.6 Å². The van der Waals surface area contributed by atoms with Gasteiger partial charge in [0.1, 0.15) is 0 Å². The molecule has 10 heavy (non-hydrogen) atoms. The second-order valence-electron chi connectivity index (χ2n) is 2.86. The van der Waals surface area contributed by atoms with Crippen LogP contribution < -0.4 is 0 Å². The fraction of sp³-hybridized carbons (Fsp3) is 1.00. The molecule has 0 saturated carbocycles. The van der Waals surface area contributed by atoms with E-state index in [9.17, 15) is 0 Å². The van der Waals surface area contributed by atoms with Gasteiger partial charge in [-0.2, -0.15) is 0 Å². The van der Waals surface area contributed by atoms with E-state index in [1.54, 1.807) is 0 Å². The van der Waals surface area contributed by atoms with E-state index < -0.39 is 0 Å². The Morgan fingerprint density at radius 1 is 1.40 bits per heavy atom. The van der Waals surface area contributed by atoms with Gasteiger partial charge in [0.15, 0.2) is 0 Å². The van der Waals surface area contributed by atoms with E-state index in [4.69, 9.17) is 4.74 Å². The SMILES string of the molecule is CCOC(C)CCN(C)C. The summed E-state index contributed by atoms with van der Waals surface area (Å²) in [5, 5.41) is 0. The van der Waals surface area contributed by atoms with Gasteiger partial charge in [0.2, 0.25) is 0 Å². The van der Waals surface area contributed by atoms with Crippen molar-refractivity contribution in [3.63, 3.8) is 0 Å². The van der Waals surface area contributed by atoms with Crippen molar-refractivity contribution in [2.45, 2.75) is 26.4 Å². The lowest BCUT2D eigenvalue weighted by Crippen LogP contribution is -2.19. The minimum Gasteiger partial charge on any atom is -0.379 e. The highest BCUT2D eigenvalue weighted by Gasteiger charge is 1.99. The molecule has 0 spiro atoms. The molecule has 0 fully saturated rings. The second-order valence-corrected chi connectivity index (χ2v) is 2.86. The number of hydrogen-bond acceptors (Lipinski definition) is 2. The third kappa shape index (κ3) is 6.05. The molecule has 62 valence electrons. The van der Waals surface area contributed by atoms with Crippen LogP contribution in [0.5, 0.6) is 0 Å². The van der Waals surface area contributed by atoms with E-state index in [1.807, 2.05) is 6.92 Å². The summed E-state index contributed by atoms with van der Waals surface area (Å²) >= 11 is 0. The van der Waals surface area contributed by atoms with Gasteiger partial charge in [-0.25, -0.2) is 0 Å². The van der Waals surface area contributed by atoms with E-state index in [1.165, 1.54) is 0 Å². The summed E-state index contributed by atoms with van der Waals surface area (Å²) in [7, 11) is 4.16. The predicted molar refractivity (Wildman–Crippen MR) is 44.3 cm³/mol. The van der Waals surface area contributed by atoms with Gasteiger partial charge in [0.05, 0.1) is 6.10 Å². The Morgan fingerprint density at radius 2 is 2.00 bits per heavy atom. The lowest BCUT2D eigenvalue weighted by Gasteiger charge is -2.14. The number of nitrogens with zero attached hydrogens (tertiary/aromatic N) is 1. The molecule has 0 radical (unpaired) electrons. The molecule has 2 nitrogen and oxygen atoms in total. The highest BCUT2D eigenvalue weighted by atomic mass is 16.5. The highest BCUT2D eigenvalue weighted by molar-refractivity contribution is 4.52. The average Bonchev–Trinajstić information content (AvgIpc) is 1.85. The minimum atomic E-state index is 0.410. The molecule has 0 saturated heterocycles. The summed E-state index contributed by atoms with van der Waals surface area (Å²) in [5.41, 5.74) is 0. The van der Waals surface area contributed by atoms with Gasteiger partial charge in [-0.15, -0.1) is 0 Å². The zero-order chi connectivity index (χ0) is 7.98. The van der Waals surface area contributed by atoms with Crippen molar-refractivity contribution in [1.82, 2.24) is 4.90 Å². The van der Waals surface area contributed by atoms with E-state index in [0.29, 0.717) is 6.10 Å². The monoisotopic (exact) mass is 145 g/mol. The van der Waals surface area contributed by atoms with Gasteiger partial charge in [-0.1, -0.05) is 0 Å². The Kier molecular flexibility index (Phi) is 5.64.